The van der Waals surface area contributed by atoms with Gasteiger partial charge in [0.1, 0.15) is 17.6 Å². The zero-order valence-corrected chi connectivity index (χ0v) is 10.3. The summed E-state index contributed by atoms with van der Waals surface area (Å²) in [6.07, 6.45) is 0. The number of aryl methyl sites for hydroxylation is 1. The van der Waals surface area contributed by atoms with Gasteiger partial charge in [-0.1, -0.05) is 12.1 Å². The average molecular weight is 239 g/mol. The minimum atomic E-state index is 0.271. The number of anilines is 1. The number of nitrogen functional groups attached to an aromatic ring is 1. The van der Waals surface area contributed by atoms with Crippen LogP contribution in [0.2, 0.25) is 0 Å². The highest BCUT2D eigenvalue weighted by Crippen LogP contribution is 2.27. The molecular formula is C14H13N3O. The summed E-state index contributed by atoms with van der Waals surface area (Å²) >= 11 is 0. The van der Waals surface area contributed by atoms with Gasteiger partial charge in [0.05, 0.1) is 12.7 Å². The highest BCUT2D eigenvalue weighted by Gasteiger charge is 2.08. The molecule has 4 nitrogen and oxygen atoms in total. The number of hydrogen-bond acceptors (Lipinski definition) is 4. The van der Waals surface area contributed by atoms with E-state index in [1.165, 1.54) is 0 Å². The molecule has 0 aliphatic rings. The summed E-state index contributed by atoms with van der Waals surface area (Å²) in [6, 6.07) is 11.4. The maximum absolute atomic E-state index is 8.97. The first-order valence-electron chi connectivity index (χ1n) is 5.47. The number of hydrogen-bond donors (Lipinski definition) is 1. The van der Waals surface area contributed by atoms with E-state index in [0.717, 1.165) is 22.6 Å². The van der Waals surface area contributed by atoms with Gasteiger partial charge >= 0.3 is 0 Å². The Morgan fingerprint density at radius 3 is 2.50 bits per heavy atom. The summed E-state index contributed by atoms with van der Waals surface area (Å²) in [5, 5.41) is 8.97. The van der Waals surface area contributed by atoms with Crippen LogP contribution in [0, 0.1) is 18.3 Å². The van der Waals surface area contributed by atoms with Gasteiger partial charge in [0.15, 0.2) is 0 Å². The Morgan fingerprint density at radius 2 is 1.94 bits per heavy atom. The van der Waals surface area contributed by atoms with Crippen molar-refractivity contribution in [2.75, 3.05) is 12.8 Å². The van der Waals surface area contributed by atoms with E-state index in [4.69, 9.17) is 15.7 Å². The minimum absolute atomic E-state index is 0.271. The first-order chi connectivity index (χ1) is 8.65. The molecule has 0 fully saturated rings. The Labute approximate surface area is 106 Å². The summed E-state index contributed by atoms with van der Waals surface area (Å²) in [7, 11) is 1.62. The zero-order chi connectivity index (χ0) is 13.1. The highest BCUT2D eigenvalue weighted by molar-refractivity contribution is 5.70. The monoisotopic (exact) mass is 239 g/mol. The number of nitrogens with zero attached hydrogens (tertiary/aromatic N) is 2. The Morgan fingerprint density at radius 1 is 1.28 bits per heavy atom. The summed E-state index contributed by atoms with van der Waals surface area (Å²) < 4.78 is 5.11. The molecule has 0 spiro atoms. The van der Waals surface area contributed by atoms with Gasteiger partial charge in [-0.25, -0.2) is 4.98 Å². The van der Waals surface area contributed by atoms with Crippen molar-refractivity contribution in [2.45, 2.75) is 6.92 Å². The molecule has 0 saturated heterocycles. The predicted molar refractivity (Wildman–Crippen MR) is 70.1 cm³/mol. The van der Waals surface area contributed by atoms with Crippen LogP contribution in [0.25, 0.3) is 11.1 Å². The van der Waals surface area contributed by atoms with E-state index in [2.05, 4.69) is 4.98 Å². The van der Waals surface area contributed by atoms with E-state index in [9.17, 15) is 0 Å². The number of nitriles is 1. The molecule has 1 aromatic carbocycles. The Hall–Kier alpha value is -2.54. The topological polar surface area (TPSA) is 71.9 Å². The van der Waals surface area contributed by atoms with Gasteiger partial charge < -0.3 is 10.5 Å². The van der Waals surface area contributed by atoms with Crippen molar-refractivity contribution in [3.63, 3.8) is 0 Å². The SMILES string of the molecule is COc1ccc(-c2cc(C#N)c(N)nc2C)cc1. The first-order valence-corrected chi connectivity index (χ1v) is 5.47. The molecule has 1 heterocycles. The van der Waals surface area contributed by atoms with E-state index >= 15 is 0 Å². The zero-order valence-electron chi connectivity index (χ0n) is 10.3. The van der Waals surface area contributed by atoms with Gasteiger partial charge in [0.25, 0.3) is 0 Å². The summed E-state index contributed by atoms with van der Waals surface area (Å²) in [4.78, 5) is 4.19. The maximum atomic E-state index is 8.97. The third-order valence-corrected chi connectivity index (χ3v) is 2.76. The summed E-state index contributed by atoms with van der Waals surface area (Å²) in [5.41, 5.74) is 8.76. The molecule has 0 amide bonds. The highest BCUT2D eigenvalue weighted by atomic mass is 16.5. The molecule has 0 radical (unpaired) electrons. The number of benzene rings is 1. The summed E-state index contributed by atoms with van der Waals surface area (Å²) in [6.45, 7) is 1.87. The lowest BCUT2D eigenvalue weighted by Crippen LogP contribution is -1.98. The van der Waals surface area contributed by atoms with Gasteiger partial charge in [0, 0.05) is 11.3 Å². The Kier molecular flexibility index (Phi) is 3.16. The van der Waals surface area contributed by atoms with Crippen LogP contribution in [0.15, 0.2) is 30.3 Å². The quantitative estimate of drug-likeness (QED) is 0.874. The largest absolute Gasteiger partial charge is 0.497 e. The second-order valence-corrected chi connectivity index (χ2v) is 3.89. The number of pyridine rings is 1. The van der Waals surface area contributed by atoms with E-state index in [0.29, 0.717) is 5.56 Å². The molecule has 0 bridgehead atoms. The standard InChI is InChI=1S/C14H13N3O/c1-9-13(7-11(8-15)14(16)17-9)10-3-5-12(18-2)6-4-10/h3-7H,1-2H3,(H2,16,17). The number of ether oxygens (including phenoxy) is 1. The van der Waals surface area contributed by atoms with Gasteiger partial charge in [-0.05, 0) is 30.7 Å². The van der Waals surface area contributed by atoms with E-state index in [1.54, 1.807) is 13.2 Å². The second-order valence-electron chi connectivity index (χ2n) is 3.89. The summed E-state index contributed by atoms with van der Waals surface area (Å²) in [5.74, 6) is 1.06. The molecule has 0 unspecified atom stereocenters. The maximum Gasteiger partial charge on any atom is 0.141 e. The van der Waals surface area contributed by atoms with Crippen LogP contribution in [0.3, 0.4) is 0 Å². The van der Waals surface area contributed by atoms with E-state index in [1.807, 2.05) is 37.3 Å². The molecule has 90 valence electrons. The first kappa shape index (κ1) is 11.9. The van der Waals surface area contributed by atoms with Crippen molar-refractivity contribution >= 4 is 5.82 Å². The fraction of sp³-hybridized carbons (Fsp3) is 0.143. The van der Waals surface area contributed by atoms with Gasteiger partial charge in [-0.15, -0.1) is 0 Å². The van der Waals surface area contributed by atoms with Gasteiger partial charge in [0.2, 0.25) is 0 Å². The molecule has 18 heavy (non-hydrogen) atoms. The molecule has 0 atom stereocenters. The van der Waals surface area contributed by atoms with Crippen LogP contribution in [-0.2, 0) is 0 Å². The average Bonchev–Trinajstić information content (AvgIpc) is 2.39. The van der Waals surface area contributed by atoms with Crippen LogP contribution < -0.4 is 10.5 Å². The van der Waals surface area contributed by atoms with Crippen LogP contribution in [-0.4, -0.2) is 12.1 Å². The lowest BCUT2D eigenvalue weighted by molar-refractivity contribution is 0.415. The number of nitrogens with two attached hydrogens (primary N) is 1. The van der Waals surface area contributed by atoms with Crippen molar-refractivity contribution in [1.29, 1.82) is 5.26 Å². The van der Waals surface area contributed by atoms with Crippen molar-refractivity contribution in [3.05, 3.63) is 41.6 Å². The molecule has 2 rings (SSSR count). The molecule has 4 heteroatoms. The van der Waals surface area contributed by atoms with Crippen molar-refractivity contribution in [3.8, 4) is 22.9 Å². The number of rotatable bonds is 2. The predicted octanol–water partition coefficient (Wildman–Crippen LogP) is 2.52. The fourth-order valence-electron chi connectivity index (χ4n) is 1.78. The molecule has 0 saturated carbocycles. The lowest BCUT2D eigenvalue weighted by atomic mass is 10.0. The van der Waals surface area contributed by atoms with Gasteiger partial charge in [-0.3, -0.25) is 0 Å². The van der Waals surface area contributed by atoms with Crippen molar-refractivity contribution in [2.24, 2.45) is 0 Å². The minimum Gasteiger partial charge on any atom is -0.497 e. The molecule has 0 aliphatic heterocycles. The number of aromatic nitrogens is 1. The molecule has 1 aromatic heterocycles. The third-order valence-electron chi connectivity index (χ3n) is 2.76. The second kappa shape index (κ2) is 4.76. The van der Waals surface area contributed by atoms with Crippen LogP contribution in [0.1, 0.15) is 11.3 Å². The molecule has 2 N–H and O–H groups in total. The fourth-order valence-corrected chi connectivity index (χ4v) is 1.78. The van der Waals surface area contributed by atoms with Crippen LogP contribution in [0.4, 0.5) is 5.82 Å². The van der Waals surface area contributed by atoms with Crippen LogP contribution >= 0.6 is 0 Å². The van der Waals surface area contributed by atoms with Crippen molar-refractivity contribution in [1.82, 2.24) is 4.98 Å². The number of methoxy groups -OCH3 is 1. The lowest BCUT2D eigenvalue weighted by Gasteiger charge is -2.08. The van der Waals surface area contributed by atoms with E-state index in [-0.39, 0.29) is 5.82 Å². The van der Waals surface area contributed by atoms with E-state index < -0.39 is 0 Å². The van der Waals surface area contributed by atoms with Gasteiger partial charge in [-0.2, -0.15) is 5.26 Å². The Balaban J connectivity index is 2.53. The molecule has 0 aliphatic carbocycles. The third kappa shape index (κ3) is 2.11. The van der Waals surface area contributed by atoms with Crippen molar-refractivity contribution < 1.29 is 4.74 Å². The Bertz CT molecular complexity index is 612. The smallest absolute Gasteiger partial charge is 0.141 e. The molecule has 2 aromatic rings. The van der Waals surface area contributed by atoms with Crippen LogP contribution in [0.5, 0.6) is 5.75 Å². The molecular weight excluding hydrogens is 226 g/mol. The normalized spacial score (nSPS) is 9.83.